The van der Waals surface area contributed by atoms with Crippen LogP contribution >= 0.6 is 0 Å². The molecule has 3 aromatic rings. The van der Waals surface area contributed by atoms with Crippen LogP contribution in [0.4, 0.5) is 5.69 Å². The summed E-state index contributed by atoms with van der Waals surface area (Å²) in [6, 6.07) is 17.0. The van der Waals surface area contributed by atoms with Crippen molar-refractivity contribution in [1.29, 1.82) is 0 Å². The fourth-order valence-electron chi connectivity index (χ4n) is 2.90. The third-order valence-corrected chi connectivity index (χ3v) is 4.29. The third kappa shape index (κ3) is 3.98. The number of rotatable bonds is 6. The van der Waals surface area contributed by atoms with Gasteiger partial charge in [0.2, 0.25) is 12.7 Å². The van der Waals surface area contributed by atoms with E-state index in [2.05, 4.69) is 10.6 Å². The molecule has 2 aromatic carbocycles. The van der Waals surface area contributed by atoms with E-state index in [1.54, 1.807) is 30.3 Å². The van der Waals surface area contributed by atoms with Crippen LogP contribution in [0.1, 0.15) is 16.1 Å². The predicted octanol–water partition coefficient (Wildman–Crippen LogP) is 2.99. The summed E-state index contributed by atoms with van der Waals surface area (Å²) in [4.78, 5) is 25.3. The van der Waals surface area contributed by atoms with Crippen molar-refractivity contribution in [3.63, 3.8) is 0 Å². The number of carbonyl (C=O) groups excluding carboxylic acids is 2. The number of carbonyl (C=O) groups is 2. The van der Waals surface area contributed by atoms with E-state index in [1.807, 2.05) is 30.3 Å². The smallest absolute Gasteiger partial charge is 0.287 e. The van der Waals surface area contributed by atoms with E-state index in [-0.39, 0.29) is 18.5 Å². The van der Waals surface area contributed by atoms with Crippen molar-refractivity contribution in [3.05, 3.63) is 78.3 Å². The molecule has 0 radical (unpaired) electrons. The van der Waals surface area contributed by atoms with Gasteiger partial charge in [-0.15, -0.1) is 0 Å². The molecule has 28 heavy (non-hydrogen) atoms. The molecule has 0 saturated heterocycles. The highest BCUT2D eigenvalue weighted by Crippen LogP contribution is 2.34. The summed E-state index contributed by atoms with van der Waals surface area (Å²) in [5.74, 6) is 0.547. The summed E-state index contributed by atoms with van der Waals surface area (Å²) in [7, 11) is 0. The lowest BCUT2D eigenvalue weighted by Crippen LogP contribution is -2.45. The first kappa shape index (κ1) is 17.7. The van der Waals surface area contributed by atoms with Crippen molar-refractivity contribution < 1.29 is 23.5 Å². The van der Waals surface area contributed by atoms with Crippen molar-refractivity contribution in [2.24, 2.45) is 0 Å². The van der Waals surface area contributed by atoms with E-state index < -0.39 is 11.9 Å². The maximum atomic E-state index is 12.9. The van der Waals surface area contributed by atoms with Gasteiger partial charge in [0, 0.05) is 18.2 Å². The molecule has 0 aliphatic carbocycles. The predicted molar refractivity (Wildman–Crippen MR) is 101 cm³/mol. The number of furan rings is 1. The molecule has 1 aliphatic rings. The molecule has 0 saturated carbocycles. The quantitative estimate of drug-likeness (QED) is 0.688. The highest BCUT2D eigenvalue weighted by Gasteiger charge is 2.24. The lowest BCUT2D eigenvalue weighted by atomic mass is 10.0. The number of fused-ring (bicyclic) bond motifs is 1. The summed E-state index contributed by atoms with van der Waals surface area (Å²) in [6.45, 7) is 0.155. The fourth-order valence-corrected chi connectivity index (χ4v) is 2.90. The van der Waals surface area contributed by atoms with Crippen LogP contribution in [-0.4, -0.2) is 24.6 Å². The number of hydrogen-bond donors (Lipinski definition) is 2. The Balaban J connectivity index is 1.51. The van der Waals surface area contributed by atoms with Crippen molar-refractivity contribution in [3.8, 4) is 11.5 Å². The number of anilines is 1. The minimum absolute atomic E-state index is 0.147. The molecule has 0 fully saturated rings. The molecule has 7 nitrogen and oxygen atoms in total. The van der Waals surface area contributed by atoms with Crippen LogP contribution in [0.15, 0.2) is 71.3 Å². The minimum atomic E-state index is -0.787. The summed E-state index contributed by atoms with van der Waals surface area (Å²) in [5.41, 5.74) is 1.48. The van der Waals surface area contributed by atoms with E-state index in [0.717, 1.165) is 5.56 Å². The molecular weight excluding hydrogens is 360 g/mol. The molecule has 0 spiro atoms. The molecular formula is C21H18N2O5. The summed E-state index contributed by atoms with van der Waals surface area (Å²) < 4.78 is 15.7. The van der Waals surface area contributed by atoms with Crippen LogP contribution in [0, 0.1) is 0 Å². The van der Waals surface area contributed by atoms with Gasteiger partial charge in [-0.1, -0.05) is 30.3 Å². The maximum Gasteiger partial charge on any atom is 0.287 e. The Bertz CT molecular complexity index is 970. The molecule has 4 rings (SSSR count). The van der Waals surface area contributed by atoms with E-state index >= 15 is 0 Å². The lowest BCUT2D eigenvalue weighted by molar-refractivity contribution is -0.118. The second-order valence-corrected chi connectivity index (χ2v) is 6.25. The second-order valence-electron chi connectivity index (χ2n) is 6.25. The first-order valence-electron chi connectivity index (χ1n) is 8.78. The summed E-state index contributed by atoms with van der Waals surface area (Å²) in [5, 5.41) is 5.56. The number of amides is 2. The average Bonchev–Trinajstić information content (AvgIpc) is 3.40. The van der Waals surface area contributed by atoms with Gasteiger partial charge in [0.15, 0.2) is 17.3 Å². The zero-order chi connectivity index (χ0) is 19.3. The van der Waals surface area contributed by atoms with Crippen LogP contribution < -0.4 is 20.1 Å². The van der Waals surface area contributed by atoms with E-state index in [1.165, 1.54) is 6.26 Å². The van der Waals surface area contributed by atoms with E-state index in [4.69, 9.17) is 13.9 Å². The van der Waals surface area contributed by atoms with Gasteiger partial charge < -0.3 is 24.5 Å². The average molecular weight is 378 g/mol. The van der Waals surface area contributed by atoms with Crippen LogP contribution in [0.3, 0.4) is 0 Å². The van der Waals surface area contributed by atoms with Gasteiger partial charge in [0.05, 0.1) is 6.26 Å². The molecule has 1 atom stereocenters. The third-order valence-electron chi connectivity index (χ3n) is 4.29. The minimum Gasteiger partial charge on any atom is -0.459 e. The van der Waals surface area contributed by atoms with Crippen molar-refractivity contribution in [2.75, 3.05) is 12.1 Å². The van der Waals surface area contributed by atoms with Crippen molar-refractivity contribution in [1.82, 2.24) is 5.32 Å². The number of nitrogens with one attached hydrogen (secondary N) is 2. The fraction of sp³-hybridized carbons (Fsp3) is 0.143. The molecule has 0 bridgehead atoms. The standard InChI is InChI=1S/C21H18N2O5/c24-20(22-15-8-9-17-19(12-15)28-13-27-17)16(11-14-5-2-1-3-6-14)23-21(25)18-7-4-10-26-18/h1-10,12,16H,11,13H2,(H,22,24)(H,23,25). The van der Waals surface area contributed by atoms with Gasteiger partial charge in [-0.05, 0) is 29.8 Å². The lowest BCUT2D eigenvalue weighted by Gasteiger charge is -2.18. The largest absolute Gasteiger partial charge is 0.459 e. The van der Waals surface area contributed by atoms with Crippen LogP contribution in [-0.2, 0) is 11.2 Å². The van der Waals surface area contributed by atoms with Gasteiger partial charge in [-0.2, -0.15) is 0 Å². The van der Waals surface area contributed by atoms with Crippen molar-refractivity contribution >= 4 is 17.5 Å². The Hall–Kier alpha value is -3.74. The molecule has 1 aliphatic heterocycles. The Morgan fingerprint density at radius 1 is 0.964 bits per heavy atom. The Kier molecular flexibility index (Phi) is 4.97. The molecule has 1 aromatic heterocycles. The molecule has 1 unspecified atom stereocenters. The van der Waals surface area contributed by atoms with Crippen LogP contribution in [0.5, 0.6) is 11.5 Å². The Labute approximate surface area is 161 Å². The monoisotopic (exact) mass is 378 g/mol. The highest BCUT2D eigenvalue weighted by molar-refractivity contribution is 6.00. The number of ether oxygens (including phenoxy) is 2. The molecule has 2 N–H and O–H groups in total. The van der Waals surface area contributed by atoms with E-state index in [9.17, 15) is 9.59 Å². The van der Waals surface area contributed by atoms with Gasteiger partial charge in [-0.3, -0.25) is 9.59 Å². The number of benzene rings is 2. The second kappa shape index (κ2) is 7.87. The van der Waals surface area contributed by atoms with Gasteiger partial charge in [0.25, 0.3) is 5.91 Å². The molecule has 2 amide bonds. The topological polar surface area (TPSA) is 89.8 Å². The zero-order valence-electron chi connectivity index (χ0n) is 14.9. The SMILES string of the molecule is O=C(NC(Cc1ccccc1)C(=O)Nc1ccc2c(c1)OCO2)c1ccco1. The van der Waals surface area contributed by atoms with Gasteiger partial charge in [-0.25, -0.2) is 0 Å². The van der Waals surface area contributed by atoms with Gasteiger partial charge >= 0.3 is 0 Å². The van der Waals surface area contributed by atoms with Crippen LogP contribution in [0.2, 0.25) is 0 Å². The zero-order valence-corrected chi connectivity index (χ0v) is 14.9. The normalized spacial score (nSPS) is 13.0. The molecule has 2 heterocycles. The van der Waals surface area contributed by atoms with Gasteiger partial charge in [0.1, 0.15) is 6.04 Å². The van der Waals surface area contributed by atoms with Crippen molar-refractivity contribution in [2.45, 2.75) is 12.5 Å². The number of hydrogen-bond acceptors (Lipinski definition) is 5. The molecule has 7 heteroatoms. The first-order valence-corrected chi connectivity index (χ1v) is 8.78. The first-order chi connectivity index (χ1) is 13.7. The summed E-state index contributed by atoms with van der Waals surface area (Å²) in [6.07, 6.45) is 1.75. The summed E-state index contributed by atoms with van der Waals surface area (Å²) >= 11 is 0. The van der Waals surface area contributed by atoms with E-state index in [0.29, 0.717) is 23.6 Å². The highest BCUT2D eigenvalue weighted by atomic mass is 16.7. The Morgan fingerprint density at radius 3 is 2.57 bits per heavy atom. The Morgan fingerprint density at radius 2 is 1.79 bits per heavy atom. The molecule has 142 valence electrons. The maximum absolute atomic E-state index is 12.9. The van der Waals surface area contributed by atoms with Crippen LogP contribution in [0.25, 0.3) is 0 Å².